The fourth-order valence-corrected chi connectivity index (χ4v) is 8.89. The highest BCUT2D eigenvalue weighted by atomic mass is 16.5. The number of carbonyl (C=O) groups is 2. The Kier molecular flexibility index (Phi) is 6.18. The quantitative estimate of drug-likeness (QED) is 0.508. The largest absolute Gasteiger partial charge is 0.459 e. The summed E-state index contributed by atoms with van der Waals surface area (Å²) >= 11 is 0. The predicted octanol–water partition coefficient (Wildman–Crippen LogP) is 6.09. The minimum absolute atomic E-state index is 0.0451. The molecule has 0 aliphatic heterocycles. The van der Waals surface area contributed by atoms with Crippen molar-refractivity contribution in [2.75, 3.05) is 13.7 Å². The highest BCUT2D eigenvalue weighted by Crippen LogP contribution is 2.67. The first-order valence-corrected chi connectivity index (χ1v) is 13.1. The van der Waals surface area contributed by atoms with Crippen molar-refractivity contribution in [1.82, 2.24) is 0 Å². The smallest absolute Gasteiger partial charge is 0.338 e. The van der Waals surface area contributed by atoms with Gasteiger partial charge in [0.25, 0.3) is 0 Å². The summed E-state index contributed by atoms with van der Waals surface area (Å²) in [4.78, 5) is 25.4. The van der Waals surface area contributed by atoms with E-state index in [1.807, 2.05) is 30.3 Å². The summed E-state index contributed by atoms with van der Waals surface area (Å²) in [6.45, 7) is 5.21. The van der Waals surface area contributed by atoms with E-state index < -0.39 is 0 Å². The third kappa shape index (κ3) is 3.87. The Hall–Kier alpha value is -1.68. The maximum absolute atomic E-state index is 12.8. The topological polar surface area (TPSA) is 52.6 Å². The molecule has 4 heteroatoms. The minimum atomic E-state index is -0.177. The van der Waals surface area contributed by atoms with E-state index in [1.165, 1.54) is 32.1 Å². The lowest BCUT2D eigenvalue weighted by Crippen LogP contribution is -2.54. The van der Waals surface area contributed by atoms with Gasteiger partial charge in [0.05, 0.1) is 5.56 Å². The lowest BCUT2D eigenvalue weighted by molar-refractivity contribution is -0.142. The molecule has 33 heavy (non-hydrogen) atoms. The van der Waals surface area contributed by atoms with E-state index in [-0.39, 0.29) is 30.0 Å². The monoisotopic (exact) mass is 452 g/mol. The van der Waals surface area contributed by atoms with Crippen molar-refractivity contribution in [2.24, 2.45) is 40.4 Å². The van der Waals surface area contributed by atoms with Gasteiger partial charge in [-0.1, -0.05) is 32.0 Å². The Morgan fingerprint density at radius 1 is 0.909 bits per heavy atom. The molecule has 0 N–H and O–H groups in total. The third-order valence-corrected chi connectivity index (χ3v) is 10.6. The molecule has 180 valence electrons. The number of esters is 1. The number of rotatable bonds is 5. The van der Waals surface area contributed by atoms with Gasteiger partial charge in [0, 0.05) is 13.0 Å². The zero-order chi connectivity index (χ0) is 23.2. The summed E-state index contributed by atoms with van der Waals surface area (Å²) in [6, 6.07) is 9.39. The molecule has 1 aromatic carbocycles. The van der Waals surface area contributed by atoms with E-state index in [0.29, 0.717) is 28.6 Å². The summed E-state index contributed by atoms with van der Waals surface area (Å²) in [7, 11) is 1.64. The number of fused-ring (bicyclic) bond motifs is 5. The number of benzene rings is 1. The van der Waals surface area contributed by atoms with Crippen LogP contribution in [0.3, 0.4) is 0 Å². The number of hydrogen-bond acceptors (Lipinski definition) is 4. The Morgan fingerprint density at radius 3 is 2.39 bits per heavy atom. The van der Waals surface area contributed by atoms with Crippen molar-refractivity contribution < 1.29 is 19.1 Å². The number of carbonyl (C=O) groups excluding carboxylic acids is 2. The molecule has 4 saturated carbocycles. The van der Waals surface area contributed by atoms with Crippen molar-refractivity contribution in [3.05, 3.63) is 35.9 Å². The van der Waals surface area contributed by atoms with Crippen LogP contribution in [0.2, 0.25) is 0 Å². The molecule has 4 fully saturated rings. The first-order valence-electron chi connectivity index (χ1n) is 13.1. The Labute approximate surface area is 198 Å². The van der Waals surface area contributed by atoms with Crippen molar-refractivity contribution in [3.8, 4) is 0 Å². The van der Waals surface area contributed by atoms with E-state index in [4.69, 9.17) is 9.47 Å². The molecule has 4 nitrogen and oxygen atoms in total. The predicted molar refractivity (Wildman–Crippen MR) is 128 cm³/mol. The maximum atomic E-state index is 12.8. The van der Waals surface area contributed by atoms with Crippen LogP contribution >= 0.6 is 0 Å². The summed E-state index contributed by atoms with van der Waals surface area (Å²) in [6.07, 6.45) is 10.4. The molecular weight excluding hydrogens is 412 g/mol. The molecule has 0 radical (unpaired) electrons. The van der Waals surface area contributed by atoms with Gasteiger partial charge < -0.3 is 9.47 Å². The zero-order valence-corrected chi connectivity index (χ0v) is 20.6. The fourth-order valence-electron chi connectivity index (χ4n) is 8.89. The Morgan fingerprint density at radius 2 is 1.64 bits per heavy atom. The number of ether oxygens (including phenoxy) is 2. The number of ketones is 1. The standard InChI is InChI=1S/C29H40O4/c1-28-15-13-21(33-27(31)19-7-5-4-6-8-19)17-20(28)9-10-22-23-11-12-25(26(30)18-32-3)29(23,2)16-14-24(22)28/h4-8,20-25H,9-18H2,1-3H3/t20-,21+,22+,23+,24+,25-,28+,29+/m1/s1. The Bertz CT molecular complexity index is 881. The average Bonchev–Trinajstić information content (AvgIpc) is 3.17. The molecule has 0 spiro atoms. The summed E-state index contributed by atoms with van der Waals surface area (Å²) < 4.78 is 11.2. The molecule has 5 rings (SSSR count). The average molecular weight is 453 g/mol. The molecule has 8 atom stereocenters. The van der Waals surface area contributed by atoms with Crippen molar-refractivity contribution in [2.45, 2.75) is 77.7 Å². The van der Waals surface area contributed by atoms with Crippen LogP contribution in [0, 0.1) is 40.4 Å². The molecule has 4 aliphatic rings. The highest BCUT2D eigenvalue weighted by Gasteiger charge is 2.61. The van der Waals surface area contributed by atoms with Gasteiger partial charge >= 0.3 is 5.97 Å². The molecule has 0 unspecified atom stereocenters. The molecule has 0 amide bonds. The lowest BCUT2D eigenvalue weighted by atomic mass is 9.44. The van der Waals surface area contributed by atoms with Crippen molar-refractivity contribution in [3.63, 3.8) is 0 Å². The summed E-state index contributed by atoms with van der Waals surface area (Å²) in [5.74, 6) is 3.13. The van der Waals surface area contributed by atoms with Crippen LogP contribution in [-0.4, -0.2) is 31.6 Å². The first kappa shape index (κ1) is 23.1. The second kappa shape index (κ2) is 8.83. The second-order valence-electron chi connectivity index (χ2n) is 11.9. The fraction of sp³-hybridized carbons (Fsp3) is 0.724. The van der Waals surface area contributed by atoms with E-state index in [2.05, 4.69) is 13.8 Å². The van der Waals surface area contributed by atoms with E-state index in [1.54, 1.807) is 7.11 Å². The summed E-state index contributed by atoms with van der Waals surface area (Å²) in [5, 5.41) is 0. The molecule has 4 aliphatic carbocycles. The van der Waals surface area contributed by atoms with Gasteiger partial charge in [-0.25, -0.2) is 4.79 Å². The van der Waals surface area contributed by atoms with Crippen LogP contribution < -0.4 is 0 Å². The van der Waals surface area contributed by atoms with E-state index >= 15 is 0 Å². The molecule has 0 saturated heterocycles. The Balaban J connectivity index is 1.27. The van der Waals surface area contributed by atoms with Gasteiger partial charge in [-0.15, -0.1) is 0 Å². The van der Waals surface area contributed by atoms with Crippen LogP contribution in [0.5, 0.6) is 0 Å². The number of Topliss-reactive ketones (excluding diaryl/α,β-unsaturated/α-hetero) is 1. The maximum Gasteiger partial charge on any atom is 0.338 e. The number of hydrogen-bond donors (Lipinski definition) is 0. The van der Waals surface area contributed by atoms with Gasteiger partial charge in [0.15, 0.2) is 5.78 Å². The zero-order valence-electron chi connectivity index (χ0n) is 20.6. The first-order chi connectivity index (χ1) is 15.9. The lowest BCUT2D eigenvalue weighted by Gasteiger charge is -2.61. The van der Waals surface area contributed by atoms with Crippen molar-refractivity contribution in [1.29, 1.82) is 0 Å². The van der Waals surface area contributed by atoms with Gasteiger partial charge in [-0.05, 0) is 104 Å². The van der Waals surface area contributed by atoms with Gasteiger partial charge in [0.1, 0.15) is 12.7 Å². The molecule has 0 heterocycles. The summed E-state index contributed by atoms with van der Waals surface area (Å²) in [5.41, 5.74) is 1.15. The van der Waals surface area contributed by atoms with Crippen LogP contribution in [0.25, 0.3) is 0 Å². The van der Waals surface area contributed by atoms with Gasteiger partial charge in [0.2, 0.25) is 0 Å². The molecule has 0 bridgehead atoms. The molecular formula is C29H40O4. The van der Waals surface area contributed by atoms with Gasteiger partial charge in [-0.3, -0.25) is 4.79 Å². The van der Waals surface area contributed by atoms with Crippen LogP contribution in [0.1, 0.15) is 82.0 Å². The van der Waals surface area contributed by atoms with Crippen LogP contribution in [-0.2, 0) is 14.3 Å². The third-order valence-electron chi connectivity index (χ3n) is 10.6. The van der Waals surface area contributed by atoms with E-state index in [9.17, 15) is 9.59 Å². The molecule has 1 aromatic rings. The highest BCUT2D eigenvalue weighted by molar-refractivity contribution is 5.89. The normalized spacial score (nSPS) is 42.0. The second-order valence-corrected chi connectivity index (χ2v) is 11.9. The SMILES string of the molecule is COCC(=O)[C@H]1CC[C@H]2[C@@H]3CC[C@@H]4C[C@@H](OC(=O)c5ccccc5)CC[C@]4(C)[C@H]3CC[C@]12C. The van der Waals surface area contributed by atoms with Gasteiger partial charge in [-0.2, -0.15) is 0 Å². The van der Waals surface area contributed by atoms with Crippen LogP contribution in [0.15, 0.2) is 30.3 Å². The van der Waals surface area contributed by atoms with Crippen molar-refractivity contribution >= 4 is 11.8 Å². The van der Waals surface area contributed by atoms with Crippen LogP contribution in [0.4, 0.5) is 0 Å². The number of methoxy groups -OCH3 is 1. The van der Waals surface area contributed by atoms with E-state index in [0.717, 1.165) is 37.5 Å². The minimum Gasteiger partial charge on any atom is -0.459 e. The molecule has 0 aromatic heterocycles.